The molecule has 2 aliphatic rings. The highest BCUT2D eigenvalue weighted by atomic mass is 15.2. The van der Waals surface area contributed by atoms with Gasteiger partial charge in [-0.1, -0.05) is 34.6 Å². The Balaban J connectivity index is 1.85. The molecule has 0 N–H and O–H groups in total. The van der Waals surface area contributed by atoms with Gasteiger partial charge >= 0.3 is 0 Å². The molecular formula is C23H46N2. The minimum absolute atomic E-state index is 0.337. The quantitative estimate of drug-likeness (QED) is 0.630. The molecule has 2 aliphatic heterocycles. The van der Waals surface area contributed by atoms with Crippen LogP contribution in [0, 0.1) is 22.7 Å². The maximum Gasteiger partial charge on any atom is 0.0153 e. The zero-order chi connectivity index (χ0) is 19.3. The van der Waals surface area contributed by atoms with Crippen molar-refractivity contribution < 1.29 is 0 Å². The molecule has 0 saturated carbocycles. The van der Waals surface area contributed by atoms with Crippen molar-refractivity contribution in [3.05, 3.63) is 0 Å². The van der Waals surface area contributed by atoms with Crippen molar-refractivity contribution in [3.8, 4) is 0 Å². The zero-order valence-corrected chi connectivity index (χ0v) is 19.0. The molecule has 0 bridgehead atoms. The van der Waals surface area contributed by atoms with Gasteiger partial charge in [0.1, 0.15) is 0 Å². The Morgan fingerprint density at radius 2 is 1.20 bits per heavy atom. The van der Waals surface area contributed by atoms with Gasteiger partial charge in [0, 0.05) is 30.7 Å². The molecule has 1 atom stereocenters. The smallest absolute Gasteiger partial charge is 0.0153 e. The molecule has 0 aromatic heterocycles. The van der Waals surface area contributed by atoms with Gasteiger partial charge in [-0.2, -0.15) is 0 Å². The Labute approximate surface area is 158 Å². The van der Waals surface area contributed by atoms with E-state index in [2.05, 4.69) is 79.0 Å². The van der Waals surface area contributed by atoms with Crippen LogP contribution >= 0.6 is 0 Å². The van der Waals surface area contributed by atoms with E-state index in [1.54, 1.807) is 0 Å². The van der Waals surface area contributed by atoms with Crippen molar-refractivity contribution in [1.82, 2.24) is 9.80 Å². The molecule has 0 aromatic rings. The summed E-state index contributed by atoms with van der Waals surface area (Å²) in [6.45, 7) is 29.4. The molecule has 0 spiro atoms. The van der Waals surface area contributed by atoms with Gasteiger partial charge in [-0.25, -0.2) is 0 Å². The van der Waals surface area contributed by atoms with E-state index in [0.717, 1.165) is 11.8 Å². The summed E-state index contributed by atoms with van der Waals surface area (Å²) in [5, 5.41) is 0. The van der Waals surface area contributed by atoms with E-state index in [1.165, 1.54) is 45.4 Å². The Morgan fingerprint density at radius 1 is 0.680 bits per heavy atom. The molecule has 2 heterocycles. The second kappa shape index (κ2) is 6.82. The molecule has 25 heavy (non-hydrogen) atoms. The van der Waals surface area contributed by atoms with E-state index in [4.69, 9.17) is 0 Å². The average molecular weight is 351 g/mol. The lowest BCUT2D eigenvalue weighted by Crippen LogP contribution is -2.59. The van der Waals surface area contributed by atoms with Crippen molar-refractivity contribution >= 4 is 0 Å². The molecule has 0 aliphatic carbocycles. The van der Waals surface area contributed by atoms with E-state index in [1.807, 2.05) is 0 Å². The molecule has 0 amide bonds. The van der Waals surface area contributed by atoms with Crippen molar-refractivity contribution in [1.29, 1.82) is 0 Å². The first kappa shape index (κ1) is 21.2. The molecular weight excluding hydrogens is 304 g/mol. The van der Waals surface area contributed by atoms with Gasteiger partial charge in [0.05, 0.1) is 0 Å². The van der Waals surface area contributed by atoms with E-state index >= 15 is 0 Å². The summed E-state index contributed by atoms with van der Waals surface area (Å²) in [6, 6.07) is 0. The largest absolute Gasteiger partial charge is 0.298 e. The summed E-state index contributed by atoms with van der Waals surface area (Å²) < 4.78 is 0. The minimum atomic E-state index is 0.337. The van der Waals surface area contributed by atoms with Crippen molar-refractivity contribution in [2.45, 2.75) is 99.6 Å². The lowest BCUT2D eigenvalue weighted by atomic mass is 9.69. The van der Waals surface area contributed by atoms with Gasteiger partial charge in [-0.3, -0.25) is 9.80 Å². The summed E-state index contributed by atoms with van der Waals surface area (Å²) in [5.41, 5.74) is 1.59. The average Bonchev–Trinajstić information content (AvgIpc) is 2.82. The molecule has 148 valence electrons. The third-order valence-corrected chi connectivity index (χ3v) is 7.59. The predicted octanol–water partition coefficient (Wildman–Crippen LogP) is 5.67. The van der Waals surface area contributed by atoms with Gasteiger partial charge in [0.15, 0.2) is 0 Å². The number of likely N-dealkylation sites (tertiary alicyclic amines) is 2. The SMILES string of the molecule is CC(C)(C)C1CCN(C(C)(C)CCC(C)(C)C2CN(C(C)(C)C)C2)C1. The number of nitrogens with zero attached hydrogens (tertiary/aromatic N) is 2. The second-order valence-electron chi connectivity index (χ2n) is 12.4. The van der Waals surface area contributed by atoms with Crippen LogP contribution in [0.2, 0.25) is 0 Å². The summed E-state index contributed by atoms with van der Waals surface area (Å²) >= 11 is 0. The fourth-order valence-electron chi connectivity index (χ4n) is 4.53. The first-order valence-electron chi connectivity index (χ1n) is 10.6. The summed E-state index contributed by atoms with van der Waals surface area (Å²) in [6.07, 6.45) is 4.04. The van der Waals surface area contributed by atoms with Crippen molar-refractivity contribution in [2.24, 2.45) is 22.7 Å². The maximum atomic E-state index is 2.78. The Bertz CT molecular complexity index is 444. The van der Waals surface area contributed by atoms with Gasteiger partial charge in [0.2, 0.25) is 0 Å². The topological polar surface area (TPSA) is 6.48 Å². The third-order valence-electron chi connectivity index (χ3n) is 7.59. The van der Waals surface area contributed by atoms with Crippen LogP contribution in [-0.4, -0.2) is 47.1 Å². The van der Waals surface area contributed by atoms with Crippen LogP contribution in [0.4, 0.5) is 0 Å². The van der Waals surface area contributed by atoms with Gasteiger partial charge in [-0.15, -0.1) is 0 Å². The second-order valence-corrected chi connectivity index (χ2v) is 12.4. The number of hydrogen-bond acceptors (Lipinski definition) is 2. The monoisotopic (exact) mass is 350 g/mol. The van der Waals surface area contributed by atoms with Crippen LogP contribution in [0.5, 0.6) is 0 Å². The van der Waals surface area contributed by atoms with Crippen LogP contribution in [-0.2, 0) is 0 Å². The lowest BCUT2D eigenvalue weighted by molar-refractivity contribution is -0.0480. The lowest BCUT2D eigenvalue weighted by Gasteiger charge is -2.54. The molecule has 0 aromatic carbocycles. The van der Waals surface area contributed by atoms with Crippen LogP contribution in [0.25, 0.3) is 0 Å². The Kier molecular flexibility index (Phi) is 5.79. The number of hydrogen-bond donors (Lipinski definition) is 0. The van der Waals surface area contributed by atoms with Crippen LogP contribution in [0.1, 0.15) is 88.5 Å². The van der Waals surface area contributed by atoms with E-state index in [9.17, 15) is 0 Å². The van der Waals surface area contributed by atoms with Crippen LogP contribution < -0.4 is 0 Å². The normalized spacial score (nSPS) is 25.4. The van der Waals surface area contributed by atoms with E-state index < -0.39 is 0 Å². The standard InChI is InChI=1S/C23H46N2/c1-20(2,3)18-11-14-24(15-18)23(9,10)13-12-22(7,8)19-16-25(17-19)21(4,5)6/h18-19H,11-17H2,1-10H3. The fourth-order valence-corrected chi connectivity index (χ4v) is 4.53. The molecule has 2 saturated heterocycles. The Morgan fingerprint density at radius 3 is 1.64 bits per heavy atom. The first-order chi connectivity index (χ1) is 11.1. The van der Waals surface area contributed by atoms with Gasteiger partial charge < -0.3 is 0 Å². The first-order valence-corrected chi connectivity index (χ1v) is 10.6. The van der Waals surface area contributed by atoms with Crippen LogP contribution in [0.15, 0.2) is 0 Å². The molecule has 2 rings (SSSR count). The number of rotatable bonds is 5. The molecule has 0 radical (unpaired) electrons. The molecule has 2 heteroatoms. The van der Waals surface area contributed by atoms with Crippen LogP contribution in [0.3, 0.4) is 0 Å². The predicted molar refractivity (Wildman–Crippen MR) is 111 cm³/mol. The maximum absolute atomic E-state index is 2.78. The van der Waals surface area contributed by atoms with Gasteiger partial charge in [0.25, 0.3) is 0 Å². The fraction of sp³-hybridized carbons (Fsp3) is 1.00. The Hall–Kier alpha value is -0.0800. The highest BCUT2D eigenvalue weighted by Gasteiger charge is 2.44. The molecule has 1 unspecified atom stereocenters. The van der Waals surface area contributed by atoms with E-state index in [0.29, 0.717) is 21.9 Å². The molecule has 2 fully saturated rings. The van der Waals surface area contributed by atoms with E-state index in [-0.39, 0.29) is 0 Å². The zero-order valence-electron chi connectivity index (χ0n) is 19.0. The molecule has 2 nitrogen and oxygen atoms in total. The van der Waals surface area contributed by atoms with Crippen molar-refractivity contribution in [2.75, 3.05) is 26.2 Å². The van der Waals surface area contributed by atoms with Crippen molar-refractivity contribution in [3.63, 3.8) is 0 Å². The highest BCUT2D eigenvalue weighted by molar-refractivity contribution is 4.97. The summed E-state index contributed by atoms with van der Waals surface area (Å²) in [4.78, 5) is 5.42. The summed E-state index contributed by atoms with van der Waals surface area (Å²) in [7, 11) is 0. The van der Waals surface area contributed by atoms with Gasteiger partial charge in [-0.05, 0) is 83.1 Å². The summed E-state index contributed by atoms with van der Waals surface area (Å²) in [5.74, 6) is 1.72. The minimum Gasteiger partial charge on any atom is -0.298 e. The highest BCUT2D eigenvalue weighted by Crippen LogP contribution is 2.43. The third kappa shape index (κ3) is 5.01.